The van der Waals surface area contributed by atoms with E-state index in [0.717, 1.165) is 6.42 Å². The summed E-state index contributed by atoms with van der Waals surface area (Å²) in [6.45, 7) is 1.63. The molecule has 0 atom stereocenters. The molecule has 32 heavy (non-hydrogen) atoms. The van der Waals surface area contributed by atoms with E-state index in [1.54, 1.807) is 0 Å². The first kappa shape index (κ1) is 23.4. The maximum Gasteiger partial charge on any atom is 0.416 e. The first-order valence-corrected chi connectivity index (χ1v) is 9.43. The van der Waals surface area contributed by atoms with Gasteiger partial charge in [0.25, 0.3) is 5.56 Å². The van der Waals surface area contributed by atoms with Gasteiger partial charge in [-0.25, -0.2) is 9.78 Å². The fourth-order valence-corrected chi connectivity index (χ4v) is 3.10. The van der Waals surface area contributed by atoms with Crippen molar-refractivity contribution in [3.63, 3.8) is 0 Å². The SMILES string of the molecule is CCCCn1c(=O)[nH]c(=O)c2c1nc(COc1cc(C(F)(F)F)cc(C(F)(F)F)c1)n2C. The predicted molar refractivity (Wildman–Crippen MR) is 101 cm³/mol. The summed E-state index contributed by atoms with van der Waals surface area (Å²) >= 11 is 0. The highest BCUT2D eigenvalue weighted by atomic mass is 19.4. The van der Waals surface area contributed by atoms with Crippen molar-refractivity contribution in [1.29, 1.82) is 0 Å². The molecule has 0 saturated heterocycles. The number of nitrogens with one attached hydrogen (secondary N) is 1. The van der Waals surface area contributed by atoms with Crippen molar-refractivity contribution in [3.8, 4) is 5.75 Å². The highest BCUT2D eigenvalue weighted by Gasteiger charge is 2.37. The van der Waals surface area contributed by atoms with E-state index in [-0.39, 0.29) is 29.6 Å². The fraction of sp³-hybridized carbons (Fsp3) is 0.421. The number of aromatic nitrogens is 4. The second-order valence-corrected chi connectivity index (χ2v) is 7.05. The first-order chi connectivity index (χ1) is 14.8. The van der Waals surface area contributed by atoms with Gasteiger partial charge in [-0.05, 0) is 24.6 Å². The monoisotopic (exact) mass is 464 g/mol. The first-order valence-electron chi connectivity index (χ1n) is 9.43. The third-order valence-corrected chi connectivity index (χ3v) is 4.77. The van der Waals surface area contributed by atoms with E-state index < -0.39 is 47.1 Å². The van der Waals surface area contributed by atoms with Crippen molar-refractivity contribution >= 4 is 11.2 Å². The van der Waals surface area contributed by atoms with Crippen LogP contribution in [-0.2, 0) is 32.6 Å². The van der Waals surface area contributed by atoms with E-state index in [2.05, 4.69) is 9.97 Å². The minimum atomic E-state index is -5.01. The Bertz CT molecular complexity index is 1220. The summed E-state index contributed by atoms with van der Waals surface area (Å²) in [6.07, 6.45) is -8.65. The number of nitrogens with zero attached hydrogens (tertiary/aromatic N) is 3. The number of imidazole rings is 1. The molecule has 3 rings (SSSR count). The van der Waals surface area contributed by atoms with Crippen LogP contribution in [0.5, 0.6) is 5.75 Å². The highest BCUT2D eigenvalue weighted by molar-refractivity contribution is 5.70. The van der Waals surface area contributed by atoms with E-state index in [9.17, 15) is 35.9 Å². The van der Waals surface area contributed by atoms with Gasteiger partial charge in [0, 0.05) is 13.6 Å². The van der Waals surface area contributed by atoms with Crippen molar-refractivity contribution in [1.82, 2.24) is 19.1 Å². The molecule has 0 saturated carbocycles. The summed E-state index contributed by atoms with van der Waals surface area (Å²) in [5.74, 6) is -0.635. The predicted octanol–water partition coefficient (Wildman–Crippen LogP) is 3.84. The zero-order chi connectivity index (χ0) is 23.8. The summed E-state index contributed by atoms with van der Waals surface area (Å²) in [7, 11) is 1.42. The molecule has 1 N–H and O–H groups in total. The maximum absolute atomic E-state index is 13.0. The average Bonchev–Trinajstić information content (AvgIpc) is 3.01. The molecule has 0 unspecified atom stereocenters. The molecule has 13 heteroatoms. The van der Waals surface area contributed by atoms with Crippen LogP contribution in [0.4, 0.5) is 26.3 Å². The number of aromatic amines is 1. The van der Waals surface area contributed by atoms with E-state index in [0.29, 0.717) is 18.6 Å². The molecule has 0 radical (unpaired) electrons. The number of hydrogen-bond donors (Lipinski definition) is 1. The van der Waals surface area contributed by atoms with E-state index in [1.807, 2.05) is 6.92 Å². The summed E-state index contributed by atoms with van der Waals surface area (Å²) in [5, 5.41) is 0. The number of halogens is 6. The van der Waals surface area contributed by atoms with Crippen LogP contribution in [0.25, 0.3) is 11.2 Å². The van der Waals surface area contributed by atoms with Crippen molar-refractivity contribution in [2.45, 2.75) is 45.3 Å². The summed E-state index contributed by atoms with van der Waals surface area (Å²) in [4.78, 5) is 30.7. The zero-order valence-electron chi connectivity index (χ0n) is 16.9. The molecule has 2 aromatic heterocycles. The number of rotatable bonds is 6. The van der Waals surface area contributed by atoms with Crippen LogP contribution in [0.15, 0.2) is 27.8 Å². The van der Waals surface area contributed by atoms with Crippen molar-refractivity contribution in [2.24, 2.45) is 7.05 Å². The molecule has 3 aromatic rings. The molecule has 1 aromatic carbocycles. The summed E-state index contributed by atoms with van der Waals surface area (Å²) in [6, 6.07) is 0.887. The van der Waals surface area contributed by atoms with E-state index in [4.69, 9.17) is 4.74 Å². The largest absolute Gasteiger partial charge is 0.486 e. The fourth-order valence-electron chi connectivity index (χ4n) is 3.10. The van der Waals surface area contributed by atoms with Crippen LogP contribution in [0, 0.1) is 0 Å². The Morgan fingerprint density at radius 2 is 1.62 bits per heavy atom. The lowest BCUT2D eigenvalue weighted by atomic mass is 10.1. The molecule has 174 valence electrons. The number of benzene rings is 1. The lowest BCUT2D eigenvalue weighted by Crippen LogP contribution is -2.31. The molecule has 0 fully saturated rings. The van der Waals surface area contributed by atoms with Gasteiger partial charge in [0.15, 0.2) is 11.2 Å². The molecule has 7 nitrogen and oxygen atoms in total. The highest BCUT2D eigenvalue weighted by Crippen LogP contribution is 2.38. The second-order valence-electron chi connectivity index (χ2n) is 7.05. The molecule has 0 aliphatic rings. The second kappa shape index (κ2) is 8.36. The van der Waals surface area contributed by atoms with Gasteiger partial charge in [-0.3, -0.25) is 14.3 Å². The Morgan fingerprint density at radius 3 is 2.16 bits per heavy atom. The average molecular weight is 464 g/mol. The van der Waals surface area contributed by atoms with Gasteiger partial charge >= 0.3 is 18.0 Å². The quantitative estimate of drug-likeness (QED) is 0.562. The lowest BCUT2D eigenvalue weighted by Gasteiger charge is -2.14. The molecule has 0 spiro atoms. The molecule has 2 heterocycles. The van der Waals surface area contributed by atoms with Crippen molar-refractivity contribution in [3.05, 3.63) is 56.0 Å². The van der Waals surface area contributed by atoms with Crippen molar-refractivity contribution < 1.29 is 31.1 Å². The molecule has 0 amide bonds. The Hall–Kier alpha value is -3.25. The van der Waals surface area contributed by atoms with Crippen LogP contribution in [-0.4, -0.2) is 19.1 Å². The van der Waals surface area contributed by atoms with Gasteiger partial charge in [0.1, 0.15) is 18.2 Å². The normalized spacial score (nSPS) is 12.5. The summed E-state index contributed by atoms with van der Waals surface area (Å²) in [5.41, 5.74) is -4.35. The topological polar surface area (TPSA) is 81.9 Å². The van der Waals surface area contributed by atoms with E-state index in [1.165, 1.54) is 16.2 Å². The number of hydrogen-bond acceptors (Lipinski definition) is 4. The van der Waals surface area contributed by atoms with Gasteiger partial charge in [-0.1, -0.05) is 13.3 Å². The van der Waals surface area contributed by atoms with Gasteiger partial charge in [0.05, 0.1) is 11.1 Å². The molecular weight excluding hydrogens is 446 g/mol. The number of alkyl halides is 6. The third kappa shape index (κ3) is 4.65. The van der Waals surface area contributed by atoms with Crippen molar-refractivity contribution in [2.75, 3.05) is 0 Å². The standard InChI is InChI=1S/C19H18F6N4O3/c1-3-4-5-29-15-14(16(30)27-17(29)31)28(2)13(26-15)9-32-12-7-10(18(20,21)22)6-11(8-12)19(23,24)25/h6-8H,3-5,9H2,1-2H3,(H,27,30,31). The minimum absolute atomic E-state index is 0.00606. The molecule has 0 aliphatic heterocycles. The number of unbranched alkanes of at least 4 members (excludes halogenated alkanes) is 1. The van der Waals surface area contributed by atoms with Gasteiger partial charge in [-0.15, -0.1) is 0 Å². The molecule has 0 bridgehead atoms. The Balaban J connectivity index is 2.01. The van der Waals surface area contributed by atoms with Gasteiger partial charge in [0.2, 0.25) is 0 Å². The van der Waals surface area contributed by atoms with Crippen LogP contribution in [0.1, 0.15) is 36.7 Å². The van der Waals surface area contributed by atoms with Crippen LogP contribution >= 0.6 is 0 Å². The molecular formula is C19H18F6N4O3. The third-order valence-electron chi connectivity index (χ3n) is 4.77. The van der Waals surface area contributed by atoms with Gasteiger partial charge in [-0.2, -0.15) is 26.3 Å². The smallest absolute Gasteiger partial charge is 0.416 e. The number of fused-ring (bicyclic) bond motifs is 1. The Kier molecular flexibility index (Phi) is 6.11. The maximum atomic E-state index is 13.0. The van der Waals surface area contributed by atoms with Crippen LogP contribution < -0.4 is 16.0 Å². The lowest BCUT2D eigenvalue weighted by molar-refractivity contribution is -0.143. The van der Waals surface area contributed by atoms with Gasteiger partial charge < -0.3 is 9.30 Å². The molecule has 0 aliphatic carbocycles. The number of H-pyrrole nitrogens is 1. The summed E-state index contributed by atoms with van der Waals surface area (Å²) < 4.78 is 85.8. The van der Waals surface area contributed by atoms with E-state index >= 15 is 0 Å². The van der Waals surface area contributed by atoms with Crippen LogP contribution in [0.2, 0.25) is 0 Å². The zero-order valence-corrected chi connectivity index (χ0v) is 16.9. The Morgan fingerprint density at radius 1 is 1.03 bits per heavy atom. The minimum Gasteiger partial charge on any atom is -0.486 e. The number of aryl methyl sites for hydroxylation is 2. The van der Waals surface area contributed by atoms with Crippen LogP contribution in [0.3, 0.4) is 0 Å². The Labute approximate surface area is 176 Å². The number of ether oxygens (including phenoxy) is 1.